The number of H-pyrrole nitrogens is 2. The smallest absolute Gasteiger partial charge is 0.387 e. The molecule has 1 aliphatic carbocycles. The number of rotatable bonds is 7. The molecule has 0 aromatic carbocycles. The lowest BCUT2D eigenvalue weighted by Crippen LogP contribution is -2.39. The van der Waals surface area contributed by atoms with Crippen molar-refractivity contribution < 1.29 is 47.7 Å². The number of aromatic amines is 2. The lowest BCUT2D eigenvalue weighted by molar-refractivity contribution is -0.0969. The van der Waals surface area contributed by atoms with Crippen molar-refractivity contribution >= 4 is 36.1 Å². The van der Waals surface area contributed by atoms with Crippen LogP contribution in [0.5, 0.6) is 0 Å². The highest BCUT2D eigenvalue weighted by Crippen LogP contribution is 2.60. The molecule has 2 unspecified atom stereocenters. The average molecular weight is 613 g/mol. The summed E-state index contributed by atoms with van der Waals surface area (Å²) in [6.45, 7) is -0.864. The first-order valence-corrected chi connectivity index (χ1v) is 13.7. The van der Waals surface area contributed by atoms with Crippen molar-refractivity contribution in [3.8, 4) is 0 Å². The summed E-state index contributed by atoms with van der Waals surface area (Å²) in [5.41, 5.74) is 1.80. The van der Waals surface area contributed by atoms with Gasteiger partial charge in [0.1, 0.15) is 30.5 Å². The maximum atomic E-state index is 15.0. The Morgan fingerprint density at radius 3 is 2.52 bits per heavy atom. The lowest BCUT2D eigenvalue weighted by Gasteiger charge is -2.28. The number of aromatic nitrogens is 8. The molecule has 42 heavy (non-hydrogen) atoms. The molecule has 0 bridgehead atoms. The predicted molar refractivity (Wildman–Crippen MR) is 131 cm³/mol. The molecule has 3 aliphatic rings. The predicted octanol–water partition coefficient (Wildman–Crippen LogP) is -3.06. The van der Waals surface area contributed by atoms with Crippen LogP contribution in [-0.4, -0.2) is 108 Å². The summed E-state index contributed by atoms with van der Waals surface area (Å²) in [6, 6.07) is 0. The first-order chi connectivity index (χ1) is 19.9. The van der Waals surface area contributed by atoms with Gasteiger partial charge in [-0.3, -0.25) is 32.8 Å². The second-order valence-corrected chi connectivity index (χ2v) is 11.3. The number of halogens is 1. The zero-order valence-electron chi connectivity index (χ0n) is 20.8. The van der Waals surface area contributed by atoms with Crippen LogP contribution in [0.3, 0.4) is 0 Å². The van der Waals surface area contributed by atoms with Crippen molar-refractivity contribution in [2.45, 2.75) is 54.7 Å². The van der Waals surface area contributed by atoms with Crippen molar-refractivity contribution in [1.82, 2.24) is 39.0 Å². The molecule has 224 valence electrons. The first-order valence-electron chi connectivity index (χ1n) is 12.2. The van der Waals surface area contributed by atoms with E-state index >= 15 is 4.39 Å². The number of imidazole rings is 2. The summed E-state index contributed by atoms with van der Waals surface area (Å²) in [5.74, 6) is -0.268. The molecule has 6 heterocycles. The van der Waals surface area contributed by atoms with E-state index in [-0.39, 0.29) is 28.3 Å². The number of nitrogens with two attached hydrogens (primary N) is 1. The number of hydrogen-bond donors (Lipinski definition) is 7. The number of aliphatic hydroxyl groups is 3. The summed E-state index contributed by atoms with van der Waals surface area (Å²) in [4.78, 5) is 54.9. The number of phosphoric acid groups is 1. The van der Waals surface area contributed by atoms with Crippen LogP contribution in [0.15, 0.2) is 28.6 Å². The molecule has 20 nitrogen and oxygen atoms in total. The third-order valence-corrected chi connectivity index (χ3v) is 8.38. The number of phosphoric ester groups is 1. The van der Waals surface area contributed by atoms with Crippen molar-refractivity contribution in [2.24, 2.45) is 0 Å². The van der Waals surface area contributed by atoms with E-state index in [1.54, 1.807) is 0 Å². The summed E-state index contributed by atoms with van der Waals surface area (Å²) in [6.07, 6.45) is -9.58. The number of alkyl halides is 1. The summed E-state index contributed by atoms with van der Waals surface area (Å²) < 4.78 is 51.6. The highest BCUT2D eigenvalue weighted by molar-refractivity contribution is 7.47. The molecule has 7 rings (SSSR count). The molecule has 0 amide bonds. The van der Waals surface area contributed by atoms with E-state index in [4.69, 9.17) is 24.3 Å². The quantitative estimate of drug-likeness (QED) is 0.102. The van der Waals surface area contributed by atoms with Crippen molar-refractivity contribution in [3.05, 3.63) is 39.7 Å². The minimum absolute atomic E-state index is 0.0281. The standard InChI is InChI=1S/C20H21FN9O11P/c21-6-9(31)5(39-17(6)29-3-25-7-13(29)23-2-24-15(7)33)1-38-42(36,37)41-12-18(40-11-10(32)20(11,12)35)30-4-26-8-14(30)27-19(22)28-16(8)34/h2-6,9-12,17-18,31-32,35H,1H2,(H,36,37)(H,23,24,33)(H3,22,27,28,34)/t5-,6+,9-,10?,11-,12+,17-,18-,20-/m1/s1. The molecule has 8 N–H and O–H groups in total. The van der Waals surface area contributed by atoms with Crippen LogP contribution in [0.1, 0.15) is 12.5 Å². The maximum absolute atomic E-state index is 15.0. The number of aliphatic hydroxyl groups excluding tert-OH is 2. The Kier molecular flexibility index (Phi) is 5.94. The first kappa shape index (κ1) is 27.2. The summed E-state index contributed by atoms with van der Waals surface area (Å²) in [5, 5.41) is 31.5. The second kappa shape index (κ2) is 9.17. The van der Waals surface area contributed by atoms with Crippen molar-refractivity contribution in [1.29, 1.82) is 0 Å². The number of fused-ring (bicyclic) bond motifs is 3. The minimum Gasteiger partial charge on any atom is -0.387 e. The highest BCUT2D eigenvalue weighted by atomic mass is 31.2. The van der Waals surface area contributed by atoms with E-state index in [0.717, 1.165) is 28.1 Å². The molecule has 2 saturated heterocycles. The van der Waals surface area contributed by atoms with Gasteiger partial charge in [-0.15, -0.1) is 0 Å². The van der Waals surface area contributed by atoms with Gasteiger partial charge in [-0.1, -0.05) is 0 Å². The number of nitrogen functional groups attached to an aromatic ring is 1. The van der Waals surface area contributed by atoms with Crippen LogP contribution < -0.4 is 16.9 Å². The Hall–Kier alpha value is -3.66. The van der Waals surface area contributed by atoms with Crippen LogP contribution in [0.4, 0.5) is 10.3 Å². The number of nitrogens with zero attached hydrogens (tertiary/aromatic N) is 6. The monoisotopic (exact) mass is 613 g/mol. The number of hydrogen-bond acceptors (Lipinski definition) is 15. The van der Waals surface area contributed by atoms with Crippen molar-refractivity contribution in [2.75, 3.05) is 12.3 Å². The maximum Gasteiger partial charge on any atom is 0.472 e. The number of anilines is 1. The van der Waals surface area contributed by atoms with Gasteiger partial charge >= 0.3 is 7.82 Å². The highest BCUT2D eigenvalue weighted by Gasteiger charge is 2.78. The average Bonchev–Trinajstić information content (AvgIpc) is 3.47. The van der Waals surface area contributed by atoms with Gasteiger partial charge in [-0.2, -0.15) is 4.98 Å². The van der Waals surface area contributed by atoms with Crippen LogP contribution >= 0.6 is 7.82 Å². The Balaban J connectivity index is 1.10. The Labute approximate surface area is 230 Å². The Bertz CT molecular complexity index is 1880. The second-order valence-electron chi connectivity index (χ2n) is 9.90. The normalized spacial score (nSPS) is 35.5. The van der Waals surface area contributed by atoms with Gasteiger partial charge in [-0.05, 0) is 0 Å². The van der Waals surface area contributed by atoms with Gasteiger partial charge in [0.05, 0.1) is 25.6 Å². The molecule has 4 aromatic heterocycles. The Morgan fingerprint density at radius 2 is 1.79 bits per heavy atom. The van der Waals surface area contributed by atoms with E-state index in [1.807, 2.05) is 0 Å². The molecular formula is C20H21FN9O11P. The Morgan fingerprint density at radius 1 is 1.10 bits per heavy atom. The van der Waals surface area contributed by atoms with E-state index in [9.17, 15) is 34.4 Å². The topological polar surface area (TPSA) is 288 Å². The molecule has 22 heteroatoms. The minimum atomic E-state index is -5.15. The molecule has 2 aliphatic heterocycles. The SMILES string of the molecule is Nc1nc2c(ncn2[C@@H]2O[C@@H]3C(O)[C@]3(O)[C@H]2OP(=O)(O)OC[C@H]2O[C@@H](n3cnc4c(=O)[nH]cnc43)[C@@H](F)[C@@H]2O)c(=O)[nH]1. The number of nitrogens with one attached hydrogen (secondary N) is 2. The molecule has 1 saturated carbocycles. The van der Waals surface area contributed by atoms with E-state index in [1.165, 1.54) is 0 Å². The van der Waals surface area contributed by atoms with Gasteiger partial charge in [0.2, 0.25) is 5.95 Å². The fourth-order valence-corrected chi connectivity index (χ4v) is 6.20. The van der Waals surface area contributed by atoms with Crippen molar-refractivity contribution in [3.63, 3.8) is 0 Å². The molecule has 10 atom stereocenters. The molecular weight excluding hydrogens is 592 g/mol. The number of ether oxygens (including phenoxy) is 2. The molecule has 0 radical (unpaired) electrons. The third kappa shape index (κ3) is 3.94. The molecule has 3 fully saturated rings. The van der Waals surface area contributed by atoms with Crippen LogP contribution in [0, 0.1) is 0 Å². The third-order valence-electron chi connectivity index (χ3n) is 7.41. The molecule has 0 spiro atoms. The van der Waals surface area contributed by atoms with E-state index in [0.29, 0.717) is 0 Å². The molecule has 4 aromatic rings. The summed E-state index contributed by atoms with van der Waals surface area (Å²) in [7, 11) is -5.15. The van der Waals surface area contributed by atoms with Gasteiger partial charge in [0.15, 0.2) is 46.6 Å². The summed E-state index contributed by atoms with van der Waals surface area (Å²) >= 11 is 0. The fraction of sp³-hybridized carbons (Fsp3) is 0.500. The van der Waals surface area contributed by atoms with E-state index < -0.39 is 80.3 Å². The fourth-order valence-electron chi connectivity index (χ4n) is 5.24. The largest absolute Gasteiger partial charge is 0.472 e. The van der Waals surface area contributed by atoms with Crippen LogP contribution in [0.25, 0.3) is 22.3 Å². The van der Waals surface area contributed by atoms with Gasteiger partial charge < -0.3 is 40.4 Å². The van der Waals surface area contributed by atoms with Gasteiger partial charge in [0.25, 0.3) is 11.1 Å². The van der Waals surface area contributed by atoms with Crippen LogP contribution in [-0.2, 0) is 23.1 Å². The van der Waals surface area contributed by atoms with E-state index in [2.05, 4.69) is 29.9 Å². The van der Waals surface area contributed by atoms with Crippen LogP contribution in [0.2, 0.25) is 0 Å². The van der Waals surface area contributed by atoms with Gasteiger partial charge in [-0.25, -0.2) is 23.9 Å². The van der Waals surface area contributed by atoms with Gasteiger partial charge in [0, 0.05) is 0 Å². The zero-order valence-corrected chi connectivity index (χ0v) is 21.7. The zero-order chi connectivity index (χ0) is 29.7. The lowest BCUT2D eigenvalue weighted by atomic mass is 10.1.